The van der Waals surface area contributed by atoms with Gasteiger partial charge in [-0.1, -0.05) is 23.7 Å². The SMILES string of the molecule is O=C(c1ccc[nH]1)N1CCN(S(=O)(=O)c2ccccc2Cl)CC1. The van der Waals surface area contributed by atoms with Crippen molar-refractivity contribution < 1.29 is 13.2 Å². The van der Waals surface area contributed by atoms with E-state index in [1.807, 2.05) is 0 Å². The van der Waals surface area contributed by atoms with Gasteiger partial charge in [0.05, 0.1) is 5.02 Å². The fourth-order valence-corrected chi connectivity index (χ4v) is 4.47. The van der Waals surface area contributed by atoms with E-state index in [0.717, 1.165) is 0 Å². The summed E-state index contributed by atoms with van der Waals surface area (Å²) in [5.41, 5.74) is 0.507. The monoisotopic (exact) mass is 353 g/mol. The molecule has 0 aliphatic carbocycles. The number of aromatic nitrogens is 1. The Kier molecular flexibility index (Phi) is 4.43. The number of rotatable bonds is 3. The van der Waals surface area contributed by atoms with Crippen LogP contribution in [0.4, 0.5) is 0 Å². The summed E-state index contributed by atoms with van der Waals surface area (Å²) < 4.78 is 26.7. The third-order valence-electron chi connectivity index (χ3n) is 3.81. The molecular weight excluding hydrogens is 338 g/mol. The van der Waals surface area contributed by atoms with E-state index in [-0.39, 0.29) is 28.9 Å². The third kappa shape index (κ3) is 3.12. The van der Waals surface area contributed by atoms with Crippen molar-refractivity contribution in [3.05, 3.63) is 53.3 Å². The first-order valence-corrected chi connectivity index (χ1v) is 8.99. The average Bonchev–Trinajstić information content (AvgIpc) is 3.09. The molecule has 6 nitrogen and oxygen atoms in total. The molecule has 8 heteroatoms. The number of amides is 1. The van der Waals surface area contributed by atoms with E-state index in [9.17, 15) is 13.2 Å². The Morgan fingerprint density at radius 3 is 2.35 bits per heavy atom. The van der Waals surface area contributed by atoms with Crippen LogP contribution >= 0.6 is 11.6 Å². The minimum Gasteiger partial charge on any atom is -0.357 e. The maximum Gasteiger partial charge on any atom is 0.270 e. The molecule has 2 aromatic rings. The van der Waals surface area contributed by atoms with Crippen molar-refractivity contribution in [2.45, 2.75) is 4.90 Å². The number of hydrogen-bond donors (Lipinski definition) is 1. The Morgan fingerprint density at radius 2 is 1.74 bits per heavy atom. The van der Waals surface area contributed by atoms with E-state index in [0.29, 0.717) is 18.8 Å². The lowest BCUT2D eigenvalue weighted by atomic mass is 10.3. The smallest absolute Gasteiger partial charge is 0.270 e. The van der Waals surface area contributed by atoms with Crippen molar-refractivity contribution in [2.24, 2.45) is 0 Å². The largest absolute Gasteiger partial charge is 0.357 e. The molecule has 122 valence electrons. The number of piperazine rings is 1. The number of carbonyl (C=O) groups excluding carboxylic acids is 1. The van der Waals surface area contributed by atoms with Crippen LogP contribution < -0.4 is 0 Å². The number of hydrogen-bond acceptors (Lipinski definition) is 3. The molecule has 1 saturated heterocycles. The predicted octanol–water partition coefficient (Wildman–Crippen LogP) is 1.81. The number of nitrogens with one attached hydrogen (secondary N) is 1. The minimum absolute atomic E-state index is 0.103. The number of carbonyl (C=O) groups is 1. The van der Waals surface area contributed by atoms with E-state index < -0.39 is 10.0 Å². The molecule has 0 unspecified atom stereocenters. The lowest BCUT2D eigenvalue weighted by molar-refractivity contribution is 0.0692. The first-order chi connectivity index (χ1) is 11.0. The van der Waals surface area contributed by atoms with Crippen LogP contribution in [-0.2, 0) is 10.0 Å². The fraction of sp³-hybridized carbons (Fsp3) is 0.267. The Balaban J connectivity index is 1.72. The van der Waals surface area contributed by atoms with Gasteiger partial charge in [-0.15, -0.1) is 0 Å². The van der Waals surface area contributed by atoms with Gasteiger partial charge in [0.15, 0.2) is 0 Å². The normalized spacial score (nSPS) is 16.5. The summed E-state index contributed by atoms with van der Waals surface area (Å²) in [6.45, 7) is 1.20. The fourth-order valence-electron chi connectivity index (χ4n) is 2.56. The van der Waals surface area contributed by atoms with Crippen LogP contribution in [0, 0.1) is 0 Å². The highest BCUT2D eigenvalue weighted by atomic mass is 35.5. The van der Waals surface area contributed by atoms with Gasteiger partial charge in [0.2, 0.25) is 10.0 Å². The van der Waals surface area contributed by atoms with Crippen LogP contribution in [-0.4, -0.2) is 54.7 Å². The van der Waals surface area contributed by atoms with E-state index in [1.165, 1.54) is 10.4 Å². The van der Waals surface area contributed by atoms with Gasteiger partial charge in [0, 0.05) is 32.4 Å². The standard InChI is InChI=1S/C15H16ClN3O3S/c16-12-4-1-2-6-14(12)23(21,22)19-10-8-18(9-11-19)15(20)13-5-3-7-17-13/h1-7,17H,8-11H2. The minimum atomic E-state index is -3.64. The van der Waals surface area contributed by atoms with Crippen molar-refractivity contribution >= 4 is 27.5 Å². The van der Waals surface area contributed by atoms with Crippen LogP contribution in [0.2, 0.25) is 5.02 Å². The summed E-state index contributed by atoms with van der Waals surface area (Å²) in [5.74, 6) is -0.121. The highest BCUT2D eigenvalue weighted by Crippen LogP contribution is 2.25. The van der Waals surface area contributed by atoms with Crippen LogP contribution in [0.1, 0.15) is 10.5 Å². The molecule has 1 aliphatic rings. The maximum atomic E-state index is 12.6. The summed E-state index contributed by atoms with van der Waals surface area (Å²) in [6.07, 6.45) is 1.69. The molecule has 0 atom stereocenters. The molecule has 1 aromatic carbocycles. The molecule has 3 rings (SSSR count). The second kappa shape index (κ2) is 6.35. The molecule has 2 heterocycles. The van der Waals surface area contributed by atoms with Gasteiger partial charge < -0.3 is 9.88 Å². The molecule has 1 fully saturated rings. The zero-order chi connectivity index (χ0) is 16.4. The van der Waals surface area contributed by atoms with Gasteiger partial charge in [-0.2, -0.15) is 4.31 Å². The number of H-pyrrole nitrogens is 1. The lowest BCUT2D eigenvalue weighted by Gasteiger charge is -2.33. The summed E-state index contributed by atoms with van der Waals surface area (Å²) in [4.78, 5) is 16.9. The molecule has 0 spiro atoms. The number of sulfonamides is 1. The van der Waals surface area contributed by atoms with Crippen LogP contribution in [0.15, 0.2) is 47.5 Å². The van der Waals surface area contributed by atoms with Gasteiger partial charge in [-0.3, -0.25) is 4.79 Å². The number of benzene rings is 1. The predicted molar refractivity (Wildman–Crippen MR) is 86.9 cm³/mol. The van der Waals surface area contributed by atoms with E-state index in [1.54, 1.807) is 41.4 Å². The topological polar surface area (TPSA) is 73.5 Å². The highest BCUT2D eigenvalue weighted by Gasteiger charge is 2.31. The van der Waals surface area contributed by atoms with Gasteiger partial charge in [-0.25, -0.2) is 8.42 Å². The summed E-state index contributed by atoms with van der Waals surface area (Å²) in [7, 11) is -3.64. The van der Waals surface area contributed by atoms with Crippen molar-refractivity contribution in [2.75, 3.05) is 26.2 Å². The van der Waals surface area contributed by atoms with Gasteiger partial charge in [0.1, 0.15) is 10.6 Å². The third-order valence-corrected chi connectivity index (χ3v) is 6.21. The van der Waals surface area contributed by atoms with Crippen LogP contribution in [0.25, 0.3) is 0 Å². The molecule has 23 heavy (non-hydrogen) atoms. The molecule has 1 amide bonds. The van der Waals surface area contributed by atoms with E-state index in [2.05, 4.69) is 4.98 Å². The lowest BCUT2D eigenvalue weighted by Crippen LogP contribution is -2.50. The summed E-state index contributed by atoms with van der Waals surface area (Å²) in [6, 6.07) is 9.84. The summed E-state index contributed by atoms with van der Waals surface area (Å²) in [5, 5.41) is 0.206. The Morgan fingerprint density at radius 1 is 1.04 bits per heavy atom. The van der Waals surface area contributed by atoms with Crippen LogP contribution in [0.5, 0.6) is 0 Å². The molecule has 1 aromatic heterocycles. The van der Waals surface area contributed by atoms with Gasteiger partial charge in [0.25, 0.3) is 5.91 Å². The van der Waals surface area contributed by atoms with E-state index >= 15 is 0 Å². The molecule has 0 radical (unpaired) electrons. The van der Waals surface area contributed by atoms with Crippen molar-refractivity contribution in [1.29, 1.82) is 0 Å². The quantitative estimate of drug-likeness (QED) is 0.914. The zero-order valence-corrected chi connectivity index (χ0v) is 13.8. The second-order valence-electron chi connectivity index (χ2n) is 5.21. The van der Waals surface area contributed by atoms with E-state index in [4.69, 9.17) is 11.6 Å². The van der Waals surface area contributed by atoms with Crippen molar-refractivity contribution in [3.8, 4) is 0 Å². The Labute approximate surface area is 139 Å². The van der Waals surface area contributed by atoms with Gasteiger partial charge >= 0.3 is 0 Å². The van der Waals surface area contributed by atoms with Crippen molar-refractivity contribution in [1.82, 2.24) is 14.2 Å². The Bertz CT molecular complexity index is 797. The van der Waals surface area contributed by atoms with Crippen molar-refractivity contribution in [3.63, 3.8) is 0 Å². The first-order valence-electron chi connectivity index (χ1n) is 7.17. The van der Waals surface area contributed by atoms with Gasteiger partial charge in [-0.05, 0) is 24.3 Å². The average molecular weight is 354 g/mol. The number of halogens is 1. The molecule has 1 aliphatic heterocycles. The number of aromatic amines is 1. The molecule has 1 N–H and O–H groups in total. The first kappa shape index (κ1) is 16.0. The zero-order valence-electron chi connectivity index (χ0n) is 12.3. The molecule has 0 saturated carbocycles. The highest BCUT2D eigenvalue weighted by molar-refractivity contribution is 7.89. The Hall–Kier alpha value is -1.83. The van der Waals surface area contributed by atoms with Crippen LogP contribution in [0.3, 0.4) is 0 Å². The number of nitrogens with zero attached hydrogens (tertiary/aromatic N) is 2. The second-order valence-corrected chi connectivity index (χ2v) is 7.52. The molecular formula is C15H16ClN3O3S. The molecule has 0 bridgehead atoms. The summed E-state index contributed by atoms with van der Waals surface area (Å²) >= 11 is 6.00. The maximum absolute atomic E-state index is 12.6.